The van der Waals surface area contributed by atoms with E-state index in [4.69, 9.17) is 4.74 Å². The molecular weight excluding hydrogens is 210 g/mol. The Bertz CT molecular complexity index is 149. The molecule has 0 aromatic rings. The van der Waals surface area contributed by atoms with E-state index >= 15 is 0 Å². The molecule has 0 rings (SSSR count). The normalized spacial score (nSPS) is 10.9. The molecule has 15 heavy (non-hydrogen) atoms. The molecule has 0 aromatic heterocycles. The zero-order valence-corrected chi connectivity index (χ0v) is 11.2. The Morgan fingerprint density at radius 3 is 2.40 bits per heavy atom. The summed E-state index contributed by atoms with van der Waals surface area (Å²) < 4.78 is 6.54. The largest absolute Gasteiger partial charge is 1.00 e. The molecule has 0 atom stereocenters. The van der Waals surface area contributed by atoms with Crippen LogP contribution in [0.2, 0.25) is 0 Å². The summed E-state index contributed by atoms with van der Waals surface area (Å²) in [7, 11) is 4.41. The van der Waals surface area contributed by atoms with Crippen LogP contribution in [0.15, 0.2) is 12.7 Å². The molecule has 0 N–H and O–H groups in total. The fourth-order valence-electron chi connectivity index (χ4n) is 1.31. The van der Waals surface area contributed by atoms with Gasteiger partial charge in [-0.1, -0.05) is 26.3 Å². The van der Waals surface area contributed by atoms with Gasteiger partial charge in [-0.05, 0) is 12.5 Å². The van der Waals surface area contributed by atoms with Gasteiger partial charge in [-0.15, -0.1) is 0 Å². The second kappa shape index (κ2) is 10.5. The predicted octanol–water partition coefficient (Wildman–Crippen LogP) is -0.540. The Hall–Kier alpha value is -0.0500. The van der Waals surface area contributed by atoms with Gasteiger partial charge in [-0.25, -0.2) is 0 Å². The number of unbranched alkanes of at least 4 members (excludes halogenated alkanes) is 2. The van der Waals surface area contributed by atoms with E-state index in [0.29, 0.717) is 0 Å². The molecule has 0 fully saturated rings. The Morgan fingerprint density at radius 2 is 1.87 bits per heavy atom. The van der Waals surface area contributed by atoms with Gasteiger partial charge in [-0.2, -0.15) is 0 Å². The van der Waals surface area contributed by atoms with E-state index in [0.717, 1.165) is 30.8 Å². The van der Waals surface area contributed by atoms with Crippen molar-refractivity contribution < 1.29 is 21.6 Å². The lowest BCUT2D eigenvalue weighted by molar-refractivity contribution is -0.884. The lowest BCUT2D eigenvalue weighted by Crippen LogP contribution is -3.00. The molecule has 3 heteroatoms. The smallest absolute Gasteiger partial charge is 0.102 e. The molecule has 92 valence electrons. The third-order valence-electron chi connectivity index (χ3n) is 2.36. The van der Waals surface area contributed by atoms with Crippen LogP contribution in [0.5, 0.6) is 0 Å². The number of rotatable bonds is 9. The summed E-state index contributed by atoms with van der Waals surface area (Å²) in [5, 5.41) is 0. The van der Waals surface area contributed by atoms with Crippen LogP contribution in [0.1, 0.15) is 26.2 Å². The summed E-state index contributed by atoms with van der Waals surface area (Å²) in [6.07, 6.45) is 5.72. The van der Waals surface area contributed by atoms with E-state index in [9.17, 15) is 0 Å². The van der Waals surface area contributed by atoms with Crippen molar-refractivity contribution in [1.82, 2.24) is 0 Å². The van der Waals surface area contributed by atoms with Gasteiger partial charge in [0.1, 0.15) is 6.54 Å². The fraction of sp³-hybridized carbons (Fsp3) is 0.833. The minimum atomic E-state index is 0. The molecule has 0 saturated heterocycles. The molecule has 0 aromatic carbocycles. The maximum absolute atomic E-state index is 5.57. The van der Waals surface area contributed by atoms with E-state index in [2.05, 4.69) is 27.6 Å². The van der Waals surface area contributed by atoms with Crippen LogP contribution in [-0.2, 0) is 4.74 Å². The summed E-state index contributed by atoms with van der Waals surface area (Å²) in [6, 6.07) is 0. The molecular formula is C12H26ClNO. The third-order valence-corrected chi connectivity index (χ3v) is 2.36. The van der Waals surface area contributed by atoms with E-state index in [1.54, 1.807) is 0 Å². The van der Waals surface area contributed by atoms with E-state index in [1.807, 2.05) is 6.08 Å². The van der Waals surface area contributed by atoms with Gasteiger partial charge in [0.05, 0.1) is 27.2 Å². The first-order chi connectivity index (χ1) is 6.62. The average Bonchev–Trinajstić information content (AvgIpc) is 2.11. The topological polar surface area (TPSA) is 9.23 Å². The van der Waals surface area contributed by atoms with Gasteiger partial charge in [0.15, 0.2) is 0 Å². The molecule has 2 nitrogen and oxygen atoms in total. The highest BCUT2D eigenvalue weighted by Gasteiger charge is 2.11. The van der Waals surface area contributed by atoms with Crippen LogP contribution in [0.25, 0.3) is 0 Å². The molecule has 0 aliphatic carbocycles. The van der Waals surface area contributed by atoms with Gasteiger partial charge in [0, 0.05) is 6.61 Å². The highest BCUT2D eigenvalue weighted by molar-refractivity contribution is 4.64. The minimum Gasteiger partial charge on any atom is -1.00 e. The van der Waals surface area contributed by atoms with Crippen LogP contribution in [0.3, 0.4) is 0 Å². The number of likely N-dealkylation sites (N-methyl/N-ethyl adjacent to an activating group) is 1. The summed E-state index contributed by atoms with van der Waals surface area (Å²) in [6.45, 7) is 9.83. The standard InChI is InChI=1S/C12H26NO.ClH/c1-5-7-8-11-14-12-10-13(3,4)9-6-2;/h6H,2,5,7-12H2,1,3-4H3;1H/q+1;/p-1. The summed E-state index contributed by atoms with van der Waals surface area (Å²) in [5.41, 5.74) is 0. The van der Waals surface area contributed by atoms with Gasteiger partial charge in [0.25, 0.3) is 0 Å². The first-order valence-electron chi connectivity index (χ1n) is 5.63. The first-order valence-corrected chi connectivity index (χ1v) is 5.63. The van der Waals surface area contributed by atoms with Crippen molar-refractivity contribution >= 4 is 0 Å². The second-order valence-corrected chi connectivity index (χ2v) is 4.45. The monoisotopic (exact) mass is 235 g/mol. The molecule has 0 aliphatic rings. The third kappa shape index (κ3) is 11.9. The Kier molecular flexibility index (Phi) is 12.1. The lowest BCUT2D eigenvalue weighted by Gasteiger charge is -2.28. The van der Waals surface area contributed by atoms with Crippen LogP contribution in [0, 0.1) is 0 Å². The van der Waals surface area contributed by atoms with Crippen LogP contribution < -0.4 is 12.4 Å². The van der Waals surface area contributed by atoms with Crippen molar-refractivity contribution in [2.75, 3.05) is 40.4 Å². The lowest BCUT2D eigenvalue weighted by atomic mass is 10.3. The Labute approximate surface area is 101 Å². The van der Waals surface area contributed by atoms with Crippen molar-refractivity contribution in [3.63, 3.8) is 0 Å². The van der Waals surface area contributed by atoms with Crippen molar-refractivity contribution in [2.24, 2.45) is 0 Å². The average molecular weight is 236 g/mol. The zero-order chi connectivity index (χ0) is 10.9. The molecule has 0 bridgehead atoms. The highest BCUT2D eigenvalue weighted by Crippen LogP contribution is 1.98. The number of halogens is 1. The van der Waals surface area contributed by atoms with E-state index in [1.165, 1.54) is 19.3 Å². The minimum absolute atomic E-state index is 0. The van der Waals surface area contributed by atoms with Crippen molar-refractivity contribution in [1.29, 1.82) is 0 Å². The summed E-state index contributed by atoms with van der Waals surface area (Å²) in [4.78, 5) is 0. The molecule has 0 saturated carbocycles. The van der Waals surface area contributed by atoms with Gasteiger partial charge >= 0.3 is 0 Å². The molecule has 0 heterocycles. The number of ether oxygens (including phenoxy) is 1. The molecule has 0 unspecified atom stereocenters. The van der Waals surface area contributed by atoms with Crippen LogP contribution in [-0.4, -0.2) is 44.9 Å². The van der Waals surface area contributed by atoms with Crippen LogP contribution >= 0.6 is 0 Å². The number of hydrogen-bond acceptors (Lipinski definition) is 1. The quantitative estimate of drug-likeness (QED) is 0.296. The Balaban J connectivity index is 0. The summed E-state index contributed by atoms with van der Waals surface area (Å²) >= 11 is 0. The van der Waals surface area contributed by atoms with Crippen molar-refractivity contribution in [2.45, 2.75) is 26.2 Å². The number of hydrogen-bond donors (Lipinski definition) is 0. The molecule has 0 radical (unpaired) electrons. The van der Waals surface area contributed by atoms with Gasteiger partial charge < -0.3 is 21.6 Å². The number of quaternary nitrogens is 1. The maximum Gasteiger partial charge on any atom is 0.102 e. The number of nitrogens with zero attached hydrogens (tertiary/aromatic N) is 1. The van der Waals surface area contributed by atoms with Gasteiger partial charge in [-0.3, -0.25) is 0 Å². The van der Waals surface area contributed by atoms with Crippen LogP contribution in [0.4, 0.5) is 0 Å². The predicted molar refractivity (Wildman–Crippen MR) is 62.4 cm³/mol. The first kappa shape index (κ1) is 17.3. The molecule has 0 aliphatic heterocycles. The molecule has 0 amide bonds. The Morgan fingerprint density at radius 1 is 1.20 bits per heavy atom. The summed E-state index contributed by atoms with van der Waals surface area (Å²) in [5.74, 6) is 0. The second-order valence-electron chi connectivity index (χ2n) is 4.45. The zero-order valence-electron chi connectivity index (χ0n) is 10.5. The van der Waals surface area contributed by atoms with Crippen molar-refractivity contribution in [3.05, 3.63) is 12.7 Å². The van der Waals surface area contributed by atoms with E-state index < -0.39 is 0 Å². The van der Waals surface area contributed by atoms with E-state index in [-0.39, 0.29) is 12.4 Å². The molecule has 0 spiro atoms. The SMILES string of the molecule is C=CC[N+](C)(C)CCOCCCCC.[Cl-]. The maximum atomic E-state index is 5.57. The fourth-order valence-corrected chi connectivity index (χ4v) is 1.31. The highest BCUT2D eigenvalue weighted by atomic mass is 35.5. The van der Waals surface area contributed by atoms with Crippen molar-refractivity contribution in [3.8, 4) is 0 Å². The van der Waals surface area contributed by atoms with Gasteiger partial charge in [0.2, 0.25) is 0 Å².